The molecule has 0 saturated carbocycles. The van der Waals surface area contributed by atoms with Gasteiger partial charge in [-0.05, 0) is 97.6 Å². The second-order valence-electron chi connectivity index (χ2n) is 9.70. The van der Waals surface area contributed by atoms with Crippen LogP contribution in [0.5, 0.6) is 17.2 Å². The maximum Gasteiger partial charge on any atom is 0.337 e. The lowest BCUT2D eigenvalue weighted by Gasteiger charge is -2.32. The quantitative estimate of drug-likeness (QED) is 0.241. The van der Waals surface area contributed by atoms with E-state index in [-0.39, 0.29) is 17.7 Å². The number of aromatic nitrogens is 1. The zero-order valence-electron chi connectivity index (χ0n) is 22.6. The summed E-state index contributed by atoms with van der Waals surface area (Å²) < 4.78 is 29.5. The van der Waals surface area contributed by atoms with Crippen molar-refractivity contribution in [3.8, 4) is 17.2 Å². The van der Waals surface area contributed by atoms with Crippen LogP contribution in [0.3, 0.4) is 0 Å². The van der Waals surface area contributed by atoms with Gasteiger partial charge in [0, 0.05) is 18.7 Å². The minimum Gasteiger partial charge on any atom is -0.493 e. The molecule has 3 aromatic carbocycles. The fourth-order valence-corrected chi connectivity index (χ4v) is 4.54. The van der Waals surface area contributed by atoms with Crippen molar-refractivity contribution in [3.63, 3.8) is 0 Å². The Labute approximate surface area is 237 Å². The smallest absolute Gasteiger partial charge is 0.337 e. The van der Waals surface area contributed by atoms with Crippen LogP contribution >= 0.6 is 0 Å². The Morgan fingerprint density at radius 2 is 1.61 bits per heavy atom. The number of amides is 1. The van der Waals surface area contributed by atoms with E-state index in [1.54, 1.807) is 60.8 Å². The molecule has 210 valence electrons. The molecule has 0 spiro atoms. The summed E-state index contributed by atoms with van der Waals surface area (Å²) in [6.45, 7) is 2.28. The Hall–Kier alpha value is -4.92. The molecule has 1 amide bonds. The third-order valence-corrected chi connectivity index (χ3v) is 6.85. The van der Waals surface area contributed by atoms with Crippen LogP contribution in [0.25, 0.3) is 0 Å². The molecule has 1 aliphatic heterocycles. The molecule has 2 heterocycles. The monoisotopic (exact) mass is 555 g/mol. The Balaban J connectivity index is 1.08. The summed E-state index contributed by atoms with van der Waals surface area (Å²) in [5, 5.41) is 2.87. The van der Waals surface area contributed by atoms with Gasteiger partial charge in [0.25, 0.3) is 5.91 Å². The van der Waals surface area contributed by atoms with Gasteiger partial charge >= 0.3 is 5.97 Å². The predicted molar refractivity (Wildman–Crippen MR) is 153 cm³/mol. The number of methoxy groups -OCH3 is 1. The average Bonchev–Trinajstić information content (AvgIpc) is 3.02. The highest BCUT2D eigenvalue weighted by molar-refractivity contribution is 6.04. The Bertz CT molecular complexity index is 1470. The number of nitrogens with zero attached hydrogens (tertiary/aromatic N) is 2. The third-order valence-electron chi connectivity index (χ3n) is 6.85. The van der Waals surface area contributed by atoms with E-state index in [1.807, 2.05) is 18.2 Å². The van der Waals surface area contributed by atoms with Crippen LogP contribution in [0.1, 0.15) is 33.6 Å². The normalized spacial score (nSPS) is 13.4. The van der Waals surface area contributed by atoms with Crippen molar-refractivity contribution < 1.29 is 28.2 Å². The topological polar surface area (TPSA) is 90.0 Å². The molecule has 1 N–H and O–H groups in total. The summed E-state index contributed by atoms with van der Waals surface area (Å²) in [6.07, 6.45) is 3.57. The number of piperidine rings is 1. The predicted octanol–water partition coefficient (Wildman–Crippen LogP) is 6.35. The largest absolute Gasteiger partial charge is 0.493 e. The fraction of sp³-hybridized carbons (Fsp3) is 0.219. The first-order valence-corrected chi connectivity index (χ1v) is 13.3. The van der Waals surface area contributed by atoms with E-state index in [1.165, 1.54) is 19.2 Å². The van der Waals surface area contributed by atoms with Gasteiger partial charge < -0.3 is 24.4 Å². The van der Waals surface area contributed by atoms with Crippen LogP contribution in [0.4, 0.5) is 15.9 Å². The van der Waals surface area contributed by atoms with Crippen molar-refractivity contribution in [2.75, 3.05) is 37.0 Å². The highest BCUT2D eigenvalue weighted by atomic mass is 19.1. The number of hydrogen-bond donors (Lipinski definition) is 1. The number of halogens is 1. The van der Waals surface area contributed by atoms with E-state index in [9.17, 15) is 14.0 Å². The summed E-state index contributed by atoms with van der Waals surface area (Å²) in [4.78, 5) is 31.2. The Kier molecular flexibility index (Phi) is 8.73. The van der Waals surface area contributed by atoms with E-state index >= 15 is 0 Å². The summed E-state index contributed by atoms with van der Waals surface area (Å²) in [5.74, 6) is 1.99. The molecule has 41 heavy (non-hydrogen) atoms. The van der Waals surface area contributed by atoms with Crippen molar-refractivity contribution in [1.29, 1.82) is 0 Å². The fourth-order valence-electron chi connectivity index (χ4n) is 4.54. The summed E-state index contributed by atoms with van der Waals surface area (Å²) in [5.41, 5.74) is 1.54. The van der Waals surface area contributed by atoms with Gasteiger partial charge in [-0.1, -0.05) is 6.07 Å². The van der Waals surface area contributed by atoms with E-state index in [2.05, 4.69) is 15.2 Å². The van der Waals surface area contributed by atoms with Gasteiger partial charge in [-0.25, -0.2) is 14.2 Å². The minimum atomic E-state index is -0.384. The zero-order valence-corrected chi connectivity index (χ0v) is 22.6. The molecule has 4 aromatic rings. The van der Waals surface area contributed by atoms with Crippen LogP contribution in [0.2, 0.25) is 0 Å². The van der Waals surface area contributed by atoms with E-state index < -0.39 is 0 Å². The van der Waals surface area contributed by atoms with Gasteiger partial charge in [0.05, 0.1) is 31.2 Å². The minimum absolute atomic E-state index is 0.259. The number of carbonyl (C=O) groups excluding carboxylic acids is 2. The number of rotatable bonds is 9. The van der Waals surface area contributed by atoms with Gasteiger partial charge in [0.1, 0.15) is 28.9 Å². The van der Waals surface area contributed by atoms with Crippen molar-refractivity contribution in [2.45, 2.75) is 12.8 Å². The molecular formula is C32H30FN3O5. The second kappa shape index (κ2) is 13.0. The van der Waals surface area contributed by atoms with Gasteiger partial charge in [-0.15, -0.1) is 0 Å². The summed E-state index contributed by atoms with van der Waals surface area (Å²) >= 11 is 0. The number of anilines is 2. The SMILES string of the molecule is COC(=O)c1cccc(OCC2CCN(c3ccc(NC(=O)c4ccc(Oc5ccc(F)cc5)cc4)cn3)CC2)c1. The molecule has 1 saturated heterocycles. The van der Waals surface area contributed by atoms with Crippen LogP contribution in [-0.2, 0) is 4.74 Å². The molecule has 0 aliphatic carbocycles. The molecule has 0 atom stereocenters. The van der Waals surface area contributed by atoms with Crippen molar-refractivity contribution >= 4 is 23.4 Å². The molecule has 5 rings (SSSR count). The van der Waals surface area contributed by atoms with Crippen molar-refractivity contribution in [1.82, 2.24) is 4.98 Å². The molecule has 9 heteroatoms. The van der Waals surface area contributed by atoms with Gasteiger partial charge in [-0.3, -0.25) is 4.79 Å². The average molecular weight is 556 g/mol. The maximum atomic E-state index is 13.1. The van der Waals surface area contributed by atoms with E-state index in [0.717, 1.165) is 31.7 Å². The van der Waals surface area contributed by atoms with Crippen LogP contribution < -0.4 is 19.7 Å². The van der Waals surface area contributed by atoms with Crippen molar-refractivity contribution in [3.05, 3.63) is 108 Å². The number of esters is 1. The highest BCUT2D eigenvalue weighted by Crippen LogP contribution is 2.25. The number of benzene rings is 3. The standard InChI is InChI=1S/C32H30FN3O5/c1-39-32(38)24-3-2-4-29(19-24)40-21-22-15-17-36(18-16-22)30-14-9-26(20-34-30)35-31(37)23-5-10-27(11-6-23)41-28-12-7-25(33)8-13-28/h2-14,19-20,22H,15-18,21H2,1H3,(H,35,37). The van der Waals surface area contributed by atoms with Crippen molar-refractivity contribution in [2.24, 2.45) is 5.92 Å². The Morgan fingerprint density at radius 1 is 0.902 bits per heavy atom. The second-order valence-corrected chi connectivity index (χ2v) is 9.70. The van der Waals surface area contributed by atoms with Gasteiger partial charge in [-0.2, -0.15) is 0 Å². The summed E-state index contributed by atoms with van der Waals surface area (Å²) in [6, 6.07) is 23.2. The lowest BCUT2D eigenvalue weighted by Crippen LogP contribution is -2.36. The Morgan fingerprint density at radius 3 is 2.27 bits per heavy atom. The molecule has 0 radical (unpaired) electrons. The number of ether oxygens (including phenoxy) is 3. The zero-order chi connectivity index (χ0) is 28.6. The molecule has 0 unspecified atom stereocenters. The van der Waals surface area contributed by atoms with Crippen LogP contribution in [0, 0.1) is 11.7 Å². The highest BCUT2D eigenvalue weighted by Gasteiger charge is 2.21. The third kappa shape index (κ3) is 7.39. The first kappa shape index (κ1) is 27.6. The molecule has 8 nitrogen and oxygen atoms in total. The number of pyridine rings is 1. The number of carbonyl (C=O) groups is 2. The lowest BCUT2D eigenvalue weighted by molar-refractivity contribution is 0.0600. The number of hydrogen-bond acceptors (Lipinski definition) is 7. The van der Waals surface area contributed by atoms with Crippen LogP contribution in [0.15, 0.2) is 91.1 Å². The summed E-state index contributed by atoms with van der Waals surface area (Å²) in [7, 11) is 1.36. The number of nitrogens with one attached hydrogen (secondary N) is 1. The first-order chi connectivity index (χ1) is 20.0. The first-order valence-electron chi connectivity index (χ1n) is 13.3. The van der Waals surface area contributed by atoms with Gasteiger partial charge in [0.2, 0.25) is 0 Å². The molecular weight excluding hydrogens is 525 g/mol. The molecule has 1 aliphatic rings. The molecule has 0 bridgehead atoms. The van der Waals surface area contributed by atoms with E-state index in [4.69, 9.17) is 14.2 Å². The van der Waals surface area contributed by atoms with E-state index in [0.29, 0.717) is 46.6 Å². The molecule has 1 aromatic heterocycles. The lowest BCUT2D eigenvalue weighted by atomic mass is 9.98. The van der Waals surface area contributed by atoms with Gasteiger partial charge in [0.15, 0.2) is 0 Å². The molecule has 1 fully saturated rings. The maximum absolute atomic E-state index is 13.1. The van der Waals surface area contributed by atoms with Crippen LogP contribution in [-0.4, -0.2) is 43.7 Å².